The molecule has 0 N–H and O–H groups in total. The first kappa shape index (κ1) is 14.9. The van der Waals surface area contributed by atoms with Crippen LogP contribution in [0, 0.1) is 0 Å². The van der Waals surface area contributed by atoms with Crippen LogP contribution in [0.3, 0.4) is 0 Å². The molecule has 0 aromatic heterocycles. The quantitative estimate of drug-likeness (QED) is 0.566. The highest BCUT2D eigenvalue weighted by molar-refractivity contribution is 5.89. The molecule has 1 aliphatic heterocycles. The molecule has 1 nitrogen and oxygen atoms in total. The van der Waals surface area contributed by atoms with Crippen molar-refractivity contribution in [1.82, 2.24) is 0 Å². The first-order chi connectivity index (χ1) is 11.9. The van der Waals surface area contributed by atoms with Crippen LogP contribution in [0.5, 0.6) is 0 Å². The lowest BCUT2D eigenvalue weighted by molar-refractivity contribution is -0.583. The van der Waals surface area contributed by atoms with E-state index in [-0.39, 0.29) is 0 Å². The van der Waals surface area contributed by atoms with Crippen LogP contribution in [-0.2, 0) is 6.54 Å². The van der Waals surface area contributed by atoms with Crippen LogP contribution in [-0.4, -0.2) is 10.8 Å². The van der Waals surface area contributed by atoms with Crippen molar-refractivity contribution in [1.29, 1.82) is 0 Å². The molecule has 1 heteroatoms. The van der Waals surface area contributed by atoms with E-state index in [0.29, 0.717) is 6.04 Å². The van der Waals surface area contributed by atoms with Crippen LogP contribution in [0.15, 0.2) is 78.9 Å². The molecule has 0 radical (unpaired) electrons. The van der Waals surface area contributed by atoms with Crippen LogP contribution in [0.4, 0.5) is 0 Å². The summed E-state index contributed by atoms with van der Waals surface area (Å²) in [6.45, 7) is 3.21. The Kier molecular flexibility index (Phi) is 4.00. The fraction of sp³-hybridized carbons (Fsp3) is 0.174. The molecule has 1 aliphatic rings. The van der Waals surface area contributed by atoms with Gasteiger partial charge < -0.3 is 0 Å². The molecule has 118 valence electrons. The molecule has 0 bridgehead atoms. The standard InChI is InChI=1S/C23H22N/c1-2-23(18-10-4-3-5-11-18)24-16-19-12-6-8-14-21(19)22-15-9-7-13-20(22)17-24/h3-16,23H,2,17H2,1H3/q+1/t23-/m0/s1. The van der Waals surface area contributed by atoms with Gasteiger partial charge in [0.2, 0.25) is 0 Å². The Morgan fingerprint density at radius 1 is 0.792 bits per heavy atom. The lowest BCUT2D eigenvalue weighted by atomic mass is 9.97. The van der Waals surface area contributed by atoms with Gasteiger partial charge in [0.25, 0.3) is 0 Å². The van der Waals surface area contributed by atoms with E-state index in [1.54, 1.807) is 0 Å². The summed E-state index contributed by atoms with van der Waals surface area (Å²) in [5.74, 6) is 0. The van der Waals surface area contributed by atoms with Crippen LogP contribution >= 0.6 is 0 Å². The molecule has 0 unspecified atom stereocenters. The molecule has 0 saturated heterocycles. The van der Waals surface area contributed by atoms with E-state index in [0.717, 1.165) is 13.0 Å². The Hall–Kier alpha value is -2.67. The molecular formula is C23H22N+. The first-order valence-corrected chi connectivity index (χ1v) is 8.69. The fourth-order valence-electron chi connectivity index (χ4n) is 3.73. The zero-order valence-electron chi connectivity index (χ0n) is 14.0. The molecule has 0 saturated carbocycles. The molecule has 4 rings (SSSR count). The summed E-state index contributed by atoms with van der Waals surface area (Å²) in [5.41, 5.74) is 6.77. The maximum absolute atomic E-state index is 2.50. The SMILES string of the molecule is CC[C@@H](c1ccccc1)[N+]1=Cc2ccccc2-c2ccccc2C1. The number of nitrogens with zero attached hydrogens (tertiary/aromatic N) is 1. The van der Waals surface area contributed by atoms with E-state index < -0.39 is 0 Å². The van der Waals surface area contributed by atoms with Crippen LogP contribution in [0.1, 0.15) is 36.1 Å². The first-order valence-electron chi connectivity index (χ1n) is 8.69. The molecule has 0 fully saturated rings. The molecule has 0 spiro atoms. The second-order valence-electron chi connectivity index (χ2n) is 6.38. The Morgan fingerprint density at radius 2 is 1.46 bits per heavy atom. The highest BCUT2D eigenvalue weighted by Crippen LogP contribution is 2.32. The molecule has 3 aromatic rings. The third-order valence-electron chi connectivity index (χ3n) is 4.90. The smallest absolute Gasteiger partial charge is 0.178 e. The summed E-state index contributed by atoms with van der Waals surface area (Å²) in [6, 6.07) is 28.8. The molecule has 1 atom stereocenters. The normalized spacial score (nSPS) is 14.1. The highest BCUT2D eigenvalue weighted by Gasteiger charge is 2.25. The Balaban J connectivity index is 1.87. The third kappa shape index (κ3) is 2.67. The summed E-state index contributed by atoms with van der Waals surface area (Å²) in [7, 11) is 0. The van der Waals surface area contributed by atoms with Gasteiger partial charge >= 0.3 is 0 Å². The maximum atomic E-state index is 2.50. The van der Waals surface area contributed by atoms with Crippen LogP contribution in [0.2, 0.25) is 0 Å². The van der Waals surface area contributed by atoms with Crippen molar-refractivity contribution in [3.8, 4) is 11.1 Å². The zero-order valence-corrected chi connectivity index (χ0v) is 14.0. The van der Waals surface area contributed by atoms with E-state index in [1.165, 1.54) is 27.8 Å². The van der Waals surface area contributed by atoms with Gasteiger partial charge in [-0.2, -0.15) is 0 Å². The lowest BCUT2D eigenvalue weighted by Gasteiger charge is -2.15. The van der Waals surface area contributed by atoms with Crippen molar-refractivity contribution in [3.63, 3.8) is 0 Å². The molecular weight excluding hydrogens is 290 g/mol. The minimum Gasteiger partial charge on any atom is -0.224 e. The molecule has 24 heavy (non-hydrogen) atoms. The number of rotatable bonds is 3. The van der Waals surface area contributed by atoms with Gasteiger partial charge in [-0.05, 0) is 17.2 Å². The Morgan fingerprint density at radius 3 is 2.25 bits per heavy atom. The van der Waals surface area contributed by atoms with Gasteiger partial charge in [-0.15, -0.1) is 0 Å². The van der Waals surface area contributed by atoms with Crippen molar-refractivity contribution in [3.05, 3.63) is 95.6 Å². The molecule has 0 amide bonds. The van der Waals surface area contributed by atoms with E-state index in [2.05, 4.69) is 96.6 Å². The number of fused-ring (bicyclic) bond motifs is 3. The molecule has 0 aliphatic carbocycles. The van der Waals surface area contributed by atoms with Crippen molar-refractivity contribution in [2.45, 2.75) is 25.9 Å². The topological polar surface area (TPSA) is 3.01 Å². The van der Waals surface area contributed by atoms with Gasteiger partial charge in [0, 0.05) is 23.1 Å². The second kappa shape index (κ2) is 6.45. The minimum atomic E-state index is 0.394. The summed E-state index contributed by atoms with van der Waals surface area (Å²) >= 11 is 0. The zero-order chi connectivity index (χ0) is 16.4. The van der Waals surface area contributed by atoms with Crippen molar-refractivity contribution >= 4 is 6.21 Å². The summed E-state index contributed by atoms with van der Waals surface area (Å²) in [4.78, 5) is 0. The second-order valence-corrected chi connectivity index (χ2v) is 6.38. The Bertz CT molecular complexity index is 877. The van der Waals surface area contributed by atoms with Crippen molar-refractivity contribution < 1.29 is 4.58 Å². The van der Waals surface area contributed by atoms with E-state index in [1.807, 2.05) is 0 Å². The predicted molar refractivity (Wildman–Crippen MR) is 100 cm³/mol. The Labute approximate surface area is 143 Å². The van der Waals surface area contributed by atoms with Gasteiger partial charge in [0.15, 0.2) is 18.8 Å². The third-order valence-corrected chi connectivity index (χ3v) is 4.90. The van der Waals surface area contributed by atoms with Gasteiger partial charge in [-0.1, -0.05) is 79.7 Å². The number of hydrogen-bond acceptors (Lipinski definition) is 0. The maximum Gasteiger partial charge on any atom is 0.178 e. The average Bonchev–Trinajstić information content (AvgIpc) is 2.80. The largest absolute Gasteiger partial charge is 0.224 e. The van der Waals surface area contributed by atoms with Gasteiger partial charge in [-0.25, -0.2) is 4.58 Å². The van der Waals surface area contributed by atoms with Crippen LogP contribution in [0.25, 0.3) is 11.1 Å². The van der Waals surface area contributed by atoms with Crippen LogP contribution < -0.4 is 0 Å². The van der Waals surface area contributed by atoms with Crippen molar-refractivity contribution in [2.24, 2.45) is 0 Å². The average molecular weight is 312 g/mol. The van der Waals surface area contributed by atoms with Gasteiger partial charge in [0.1, 0.15) is 0 Å². The summed E-state index contributed by atoms with van der Waals surface area (Å²) < 4.78 is 2.50. The van der Waals surface area contributed by atoms with Crippen molar-refractivity contribution in [2.75, 3.05) is 0 Å². The van der Waals surface area contributed by atoms with E-state index in [4.69, 9.17) is 0 Å². The number of hydrogen-bond donors (Lipinski definition) is 0. The predicted octanol–water partition coefficient (Wildman–Crippen LogP) is 5.45. The fourth-order valence-corrected chi connectivity index (χ4v) is 3.73. The minimum absolute atomic E-state index is 0.394. The number of benzene rings is 3. The summed E-state index contributed by atoms with van der Waals surface area (Å²) in [5, 5.41) is 0. The molecule has 3 aromatic carbocycles. The molecule has 1 heterocycles. The monoisotopic (exact) mass is 312 g/mol. The van der Waals surface area contributed by atoms with E-state index in [9.17, 15) is 0 Å². The highest BCUT2D eigenvalue weighted by atomic mass is 15.0. The van der Waals surface area contributed by atoms with E-state index >= 15 is 0 Å². The summed E-state index contributed by atoms with van der Waals surface area (Å²) in [6.07, 6.45) is 3.43. The van der Waals surface area contributed by atoms with Gasteiger partial charge in [0.05, 0.1) is 0 Å². The lowest BCUT2D eigenvalue weighted by Crippen LogP contribution is -2.19. The van der Waals surface area contributed by atoms with Gasteiger partial charge in [-0.3, -0.25) is 0 Å².